The van der Waals surface area contributed by atoms with Gasteiger partial charge in [-0.1, -0.05) is 31.9 Å². The number of rotatable bonds is 1. The van der Waals surface area contributed by atoms with Gasteiger partial charge in [0.15, 0.2) is 0 Å². The van der Waals surface area contributed by atoms with Crippen molar-refractivity contribution in [1.82, 2.24) is 4.31 Å². The highest BCUT2D eigenvalue weighted by Crippen LogP contribution is 2.45. The Morgan fingerprint density at radius 1 is 1.27 bits per heavy atom. The van der Waals surface area contributed by atoms with Crippen molar-refractivity contribution in [2.75, 3.05) is 0 Å². The number of β-lactam (4-membered cyclic amide) rings is 1. The van der Waals surface area contributed by atoms with Crippen LogP contribution in [0.3, 0.4) is 0 Å². The lowest BCUT2D eigenvalue weighted by Gasteiger charge is -2.49. The summed E-state index contributed by atoms with van der Waals surface area (Å²) >= 11 is 6.90. The Morgan fingerprint density at radius 2 is 1.80 bits per heavy atom. The molecule has 1 saturated heterocycles. The van der Waals surface area contributed by atoms with Gasteiger partial charge in [-0.2, -0.15) is 8.42 Å². The third kappa shape index (κ3) is 1.96. The summed E-state index contributed by atoms with van der Waals surface area (Å²) in [6, 6.07) is -0.266. The molecule has 0 spiro atoms. The lowest BCUT2D eigenvalue weighted by molar-refractivity contribution is -0.148. The molecule has 15 heavy (non-hydrogen) atoms. The first-order valence-electron chi connectivity index (χ1n) is 4.38. The number of carbonyl (C=O) groups excluding carboxylic acids is 1. The van der Waals surface area contributed by atoms with Crippen LogP contribution in [0.5, 0.6) is 0 Å². The first-order chi connectivity index (χ1) is 6.82. The van der Waals surface area contributed by atoms with Gasteiger partial charge in [-0.25, -0.2) is 4.31 Å². The number of nitrogens with zero attached hydrogens (tertiary/aromatic N) is 1. The Bertz CT molecular complexity index is 401. The van der Waals surface area contributed by atoms with Crippen LogP contribution in [0.4, 0.5) is 0 Å². The predicted molar refractivity (Wildman–Crippen MR) is 63.6 cm³/mol. The van der Waals surface area contributed by atoms with Crippen LogP contribution in [0.25, 0.3) is 0 Å². The molecule has 0 N–H and O–H groups in total. The normalized spacial score (nSPS) is 41.0. The molecular weight excluding hydrogens is 373 g/mol. The minimum Gasteiger partial charge on any atom is -0.273 e. The van der Waals surface area contributed by atoms with E-state index in [4.69, 9.17) is 10.7 Å². The van der Waals surface area contributed by atoms with Crippen LogP contribution in [0.1, 0.15) is 12.8 Å². The Balaban J connectivity index is 2.20. The summed E-state index contributed by atoms with van der Waals surface area (Å²) in [4.78, 5) is 11.9. The van der Waals surface area contributed by atoms with Crippen molar-refractivity contribution in [3.8, 4) is 0 Å². The molecule has 0 bridgehead atoms. The fourth-order valence-corrected chi connectivity index (χ4v) is 4.76. The van der Waals surface area contributed by atoms with E-state index in [2.05, 4.69) is 31.9 Å². The van der Waals surface area contributed by atoms with Gasteiger partial charge in [-0.05, 0) is 12.8 Å². The zero-order valence-corrected chi connectivity index (χ0v) is 12.2. The first-order valence-corrected chi connectivity index (χ1v) is 8.48. The number of carbonyl (C=O) groups is 1. The van der Waals surface area contributed by atoms with Crippen molar-refractivity contribution in [2.45, 2.75) is 28.5 Å². The van der Waals surface area contributed by atoms with Crippen molar-refractivity contribution >= 4 is 57.7 Å². The van der Waals surface area contributed by atoms with E-state index in [-0.39, 0.29) is 27.5 Å². The molecule has 2 fully saturated rings. The summed E-state index contributed by atoms with van der Waals surface area (Å²) in [5, 5.41) is 0. The highest BCUT2D eigenvalue weighted by atomic mass is 79.9. The van der Waals surface area contributed by atoms with Gasteiger partial charge in [0.1, 0.15) is 0 Å². The summed E-state index contributed by atoms with van der Waals surface area (Å²) in [5.41, 5.74) is 0. The maximum atomic E-state index is 11.5. The van der Waals surface area contributed by atoms with Gasteiger partial charge in [-0.3, -0.25) is 4.79 Å². The van der Waals surface area contributed by atoms with E-state index in [9.17, 15) is 13.2 Å². The van der Waals surface area contributed by atoms with E-state index in [1.54, 1.807) is 0 Å². The lowest BCUT2D eigenvalue weighted by atomic mass is 9.78. The second kappa shape index (κ2) is 3.85. The summed E-state index contributed by atoms with van der Waals surface area (Å²) < 4.78 is 23.0. The second-order valence-electron chi connectivity index (χ2n) is 3.75. The zero-order valence-electron chi connectivity index (χ0n) is 7.44. The van der Waals surface area contributed by atoms with Gasteiger partial charge in [0.2, 0.25) is 5.91 Å². The maximum absolute atomic E-state index is 11.5. The smallest absolute Gasteiger partial charge is 0.273 e. The maximum Gasteiger partial charge on any atom is 0.324 e. The van der Waals surface area contributed by atoms with Crippen LogP contribution >= 0.6 is 42.5 Å². The van der Waals surface area contributed by atoms with Crippen molar-refractivity contribution in [2.24, 2.45) is 5.92 Å². The number of hydrogen-bond acceptors (Lipinski definition) is 3. The molecule has 0 aromatic heterocycles. The molecule has 1 amide bonds. The molecule has 1 saturated carbocycles. The van der Waals surface area contributed by atoms with E-state index < -0.39 is 9.24 Å². The van der Waals surface area contributed by atoms with Gasteiger partial charge >= 0.3 is 9.24 Å². The standard InChI is InChI=1S/C7H8Br2ClNO3S/c8-4-1-3-6(2-5(4)9)11(7(3)12)15(10,13)14/h3-6H,1-2H2/t3-,4+,5+,6-/m1/s1. The van der Waals surface area contributed by atoms with Gasteiger partial charge in [0.25, 0.3) is 0 Å². The summed E-state index contributed by atoms with van der Waals surface area (Å²) in [5.74, 6) is -0.574. The van der Waals surface area contributed by atoms with Crippen LogP contribution in [0.2, 0.25) is 0 Å². The Kier molecular flexibility index (Phi) is 3.12. The number of alkyl halides is 2. The molecule has 86 valence electrons. The largest absolute Gasteiger partial charge is 0.324 e. The second-order valence-corrected chi connectivity index (χ2v) is 8.49. The minimum absolute atomic E-state index is 0.174. The number of fused-ring (bicyclic) bond motifs is 1. The van der Waals surface area contributed by atoms with Gasteiger partial charge in [0.05, 0.1) is 12.0 Å². The van der Waals surface area contributed by atoms with Crippen LogP contribution < -0.4 is 0 Å². The number of halogens is 3. The topological polar surface area (TPSA) is 54.5 Å². The Hall–Kier alpha value is 0.670. The van der Waals surface area contributed by atoms with E-state index >= 15 is 0 Å². The summed E-state index contributed by atoms with van der Waals surface area (Å²) in [6.07, 6.45) is 1.26. The molecule has 0 radical (unpaired) electrons. The molecule has 8 heteroatoms. The molecule has 0 aromatic rings. The van der Waals surface area contributed by atoms with Crippen molar-refractivity contribution in [3.05, 3.63) is 0 Å². The SMILES string of the molecule is O=C1[C@@H]2C[C@H](Br)[C@@H](Br)C[C@H]2N1S(=O)(=O)Cl. The Morgan fingerprint density at radius 3 is 2.33 bits per heavy atom. The third-order valence-electron chi connectivity index (χ3n) is 2.87. The zero-order chi connectivity index (χ0) is 11.4. The van der Waals surface area contributed by atoms with E-state index in [1.165, 1.54) is 0 Å². The van der Waals surface area contributed by atoms with Crippen molar-refractivity contribution in [1.29, 1.82) is 0 Å². The Labute approximate surface area is 109 Å². The van der Waals surface area contributed by atoms with Gasteiger partial charge in [0, 0.05) is 20.3 Å². The van der Waals surface area contributed by atoms with Crippen molar-refractivity contribution in [3.63, 3.8) is 0 Å². The predicted octanol–water partition coefficient (Wildman–Crippen LogP) is 1.62. The fraction of sp³-hybridized carbons (Fsp3) is 0.857. The van der Waals surface area contributed by atoms with Crippen LogP contribution in [-0.2, 0) is 14.0 Å². The highest BCUT2D eigenvalue weighted by Gasteiger charge is 2.56. The number of amides is 1. The monoisotopic (exact) mass is 379 g/mol. The van der Waals surface area contributed by atoms with Crippen LogP contribution in [-0.4, -0.2) is 34.3 Å². The lowest BCUT2D eigenvalue weighted by Crippen LogP contribution is -2.65. The fourth-order valence-electron chi connectivity index (χ4n) is 2.13. The molecule has 1 aliphatic heterocycles. The highest BCUT2D eigenvalue weighted by molar-refractivity contribution is 9.12. The van der Waals surface area contributed by atoms with E-state index in [0.717, 1.165) is 4.31 Å². The minimum atomic E-state index is -3.91. The molecule has 1 aliphatic carbocycles. The molecule has 2 rings (SSSR count). The van der Waals surface area contributed by atoms with E-state index in [1.807, 2.05) is 0 Å². The summed E-state index contributed by atoms with van der Waals surface area (Å²) in [6.45, 7) is 0. The van der Waals surface area contributed by atoms with Crippen LogP contribution in [0.15, 0.2) is 0 Å². The quantitative estimate of drug-likeness (QED) is 0.394. The molecule has 0 aromatic carbocycles. The van der Waals surface area contributed by atoms with Gasteiger partial charge in [-0.15, -0.1) is 0 Å². The average molecular weight is 381 g/mol. The molecule has 1 heterocycles. The van der Waals surface area contributed by atoms with Crippen molar-refractivity contribution < 1.29 is 13.2 Å². The van der Waals surface area contributed by atoms with E-state index in [0.29, 0.717) is 12.8 Å². The van der Waals surface area contributed by atoms with Crippen LogP contribution in [0, 0.1) is 5.92 Å². The molecule has 2 aliphatic rings. The molecule has 4 nitrogen and oxygen atoms in total. The average Bonchev–Trinajstić information content (AvgIpc) is 2.08. The van der Waals surface area contributed by atoms with Gasteiger partial charge < -0.3 is 0 Å². The summed E-state index contributed by atoms with van der Waals surface area (Å²) in [7, 11) is 1.28. The molecule has 0 unspecified atom stereocenters. The molecular formula is C7H8Br2ClNO3S. The first kappa shape index (κ1) is 12.1. The number of hydrogen-bond donors (Lipinski definition) is 0. The third-order valence-corrected chi connectivity index (χ3v) is 6.97. The molecule has 4 atom stereocenters.